The average molecular weight is 773 g/mol. The van der Waals surface area contributed by atoms with E-state index in [1.54, 1.807) is 0 Å². The summed E-state index contributed by atoms with van der Waals surface area (Å²) in [5, 5.41) is 1.36. The highest BCUT2D eigenvalue weighted by Crippen LogP contribution is 2.45. The second-order valence-corrected chi connectivity index (χ2v) is 15.5. The fourth-order valence-electron chi connectivity index (χ4n) is 8.24. The van der Waals surface area contributed by atoms with E-state index in [1.807, 2.05) is 0 Å². The van der Waals surface area contributed by atoms with Gasteiger partial charge in [-0.1, -0.05) is 13.0 Å². The van der Waals surface area contributed by atoms with Crippen LogP contribution >= 0.6 is 0 Å². The third-order valence-corrected chi connectivity index (χ3v) is 11.9. The standard InChI is InChI=1S/C34H32F8N6O4S/c1-2-33(39)15-48-22(29(38)46-33)8-7-21-24-28(44-31(45-30(24)48)51-16-32-9-3-11-47(32)12-4-10-32)26(37)27(43-21)19-14-18(52-53(49,50)34(40,41)42)13-17-5-6-20(35)25(36)23(17)19/h5-6,13-14,22,29,46H,2-4,7-12,15-16H2,1H3/t22?,29?,33-/m1/s1. The van der Waals surface area contributed by atoms with Crippen LogP contribution in [-0.2, 0) is 16.5 Å². The minimum atomic E-state index is -6.25. The van der Waals surface area contributed by atoms with Gasteiger partial charge >= 0.3 is 21.6 Å². The first kappa shape index (κ1) is 35.9. The molecule has 3 atom stereocenters. The van der Waals surface area contributed by atoms with Gasteiger partial charge in [0.2, 0.25) is 0 Å². The summed E-state index contributed by atoms with van der Waals surface area (Å²) in [4.78, 5) is 17.1. The number of ether oxygens (including phenoxy) is 1. The first-order valence-electron chi connectivity index (χ1n) is 17.1. The fraction of sp³-hybridized carbons (Fsp3) is 0.500. The van der Waals surface area contributed by atoms with E-state index < -0.39 is 79.1 Å². The van der Waals surface area contributed by atoms with Crippen LogP contribution in [0.15, 0.2) is 24.3 Å². The molecule has 0 aliphatic carbocycles. The van der Waals surface area contributed by atoms with Gasteiger partial charge in [-0.25, -0.2) is 26.9 Å². The van der Waals surface area contributed by atoms with Gasteiger partial charge in [0.25, 0.3) is 0 Å². The molecule has 53 heavy (non-hydrogen) atoms. The quantitative estimate of drug-likeness (QED) is 0.0957. The van der Waals surface area contributed by atoms with Crippen molar-refractivity contribution in [2.24, 2.45) is 0 Å². The second kappa shape index (κ2) is 12.5. The molecule has 0 amide bonds. The van der Waals surface area contributed by atoms with E-state index in [0.717, 1.165) is 50.9 Å². The number of pyridine rings is 1. The number of nitrogens with zero attached hydrogens (tertiary/aromatic N) is 5. The van der Waals surface area contributed by atoms with Gasteiger partial charge < -0.3 is 13.8 Å². The third-order valence-electron chi connectivity index (χ3n) is 10.9. The molecule has 2 aromatic carbocycles. The summed E-state index contributed by atoms with van der Waals surface area (Å²) in [5.41, 5.74) is -7.99. The molecule has 19 heteroatoms. The zero-order chi connectivity index (χ0) is 37.7. The fourth-order valence-corrected chi connectivity index (χ4v) is 8.69. The lowest BCUT2D eigenvalue weighted by Gasteiger charge is -2.45. The Hall–Kier alpha value is -4.10. The van der Waals surface area contributed by atoms with E-state index >= 15 is 17.6 Å². The Balaban J connectivity index is 1.35. The van der Waals surface area contributed by atoms with Gasteiger partial charge in [-0.3, -0.25) is 10.2 Å². The number of piperazine rings is 1. The predicted octanol–water partition coefficient (Wildman–Crippen LogP) is 6.59. The Morgan fingerprint density at radius 1 is 1.02 bits per heavy atom. The number of fused-ring (bicyclic) bond motifs is 4. The number of alkyl halides is 5. The first-order chi connectivity index (χ1) is 25.0. The maximum Gasteiger partial charge on any atom is 0.534 e. The molecule has 0 saturated carbocycles. The zero-order valence-corrected chi connectivity index (χ0v) is 28.9. The second-order valence-electron chi connectivity index (χ2n) is 14.0. The van der Waals surface area contributed by atoms with Crippen LogP contribution in [-0.4, -0.2) is 83.7 Å². The van der Waals surface area contributed by atoms with Gasteiger partial charge in [0, 0.05) is 10.9 Å². The monoisotopic (exact) mass is 772 g/mol. The number of hydrogen-bond acceptors (Lipinski definition) is 10. The van der Waals surface area contributed by atoms with Crippen LogP contribution in [0, 0.1) is 17.5 Å². The molecule has 4 aromatic rings. The van der Waals surface area contributed by atoms with Crippen molar-refractivity contribution in [3.8, 4) is 23.0 Å². The summed E-state index contributed by atoms with van der Waals surface area (Å²) in [7, 11) is -6.25. The predicted molar refractivity (Wildman–Crippen MR) is 176 cm³/mol. The molecule has 0 radical (unpaired) electrons. The van der Waals surface area contributed by atoms with Gasteiger partial charge in [0.1, 0.15) is 29.4 Å². The lowest BCUT2D eigenvalue weighted by atomic mass is 9.95. The third kappa shape index (κ3) is 5.89. The highest BCUT2D eigenvalue weighted by Gasteiger charge is 2.50. The summed E-state index contributed by atoms with van der Waals surface area (Å²) >= 11 is 0. The summed E-state index contributed by atoms with van der Waals surface area (Å²) in [6.45, 7) is 3.01. The summed E-state index contributed by atoms with van der Waals surface area (Å²) < 4.78 is 153. The van der Waals surface area contributed by atoms with Crippen molar-refractivity contribution in [1.82, 2.24) is 25.2 Å². The Morgan fingerprint density at radius 2 is 1.75 bits per heavy atom. The van der Waals surface area contributed by atoms with Crippen LogP contribution in [0.1, 0.15) is 51.1 Å². The number of rotatable bonds is 7. The summed E-state index contributed by atoms with van der Waals surface area (Å²) in [6, 6.07) is 1.58. The zero-order valence-electron chi connectivity index (χ0n) is 28.0. The normalized spacial score (nSPS) is 24.4. The molecule has 3 fully saturated rings. The summed E-state index contributed by atoms with van der Waals surface area (Å²) in [5.74, 6) is -7.47. The van der Waals surface area contributed by atoms with E-state index in [9.17, 15) is 26.0 Å². The Labute approximate surface area is 297 Å². The number of aromatic nitrogens is 3. The Bertz CT molecular complexity index is 2250. The van der Waals surface area contributed by atoms with Gasteiger partial charge in [0.15, 0.2) is 29.5 Å². The molecule has 3 saturated heterocycles. The molecular weight excluding hydrogens is 740 g/mol. The van der Waals surface area contributed by atoms with Crippen LogP contribution < -0.4 is 19.1 Å². The average Bonchev–Trinajstić information content (AvgIpc) is 3.64. The lowest BCUT2D eigenvalue weighted by Crippen LogP contribution is -2.66. The van der Waals surface area contributed by atoms with E-state index in [1.165, 1.54) is 11.8 Å². The number of nitrogens with one attached hydrogen (secondary N) is 1. The van der Waals surface area contributed by atoms with Gasteiger partial charge in [-0.05, 0) is 81.6 Å². The molecule has 8 rings (SSSR count). The van der Waals surface area contributed by atoms with Gasteiger partial charge in [0.05, 0.1) is 29.2 Å². The minimum Gasteiger partial charge on any atom is -0.461 e. The highest BCUT2D eigenvalue weighted by atomic mass is 32.2. The molecular formula is C34H32F8N6O4S. The molecule has 284 valence electrons. The van der Waals surface area contributed by atoms with Crippen LogP contribution in [0.25, 0.3) is 32.9 Å². The van der Waals surface area contributed by atoms with Crippen molar-refractivity contribution in [3.63, 3.8) is 0 Å². The SMILES string of the molecule is CC[C@]1(F)CN2c3nc(OCC45CCCN4CCC5)nc4c(F)c(-c5cc(OS(=O)(=O)C(F)(F)F)cc6ccc(F)c(F)c56)nc(c34)CCC2C(F)N1. The van der Waals surface area contributed by atoms with Crippen molar-refractivity contribution < 1.29 is 52.5 Å². The smallest absolute Gasteiger partial charge is 0.461 e. The molecule has 0 bridgehead atoms. The van der Waals surface area contributed by atoms with Crippen molar-refractivity contribution >= 4 is 37.6 Å². The van der Waals surface area contributed by atoms with Crippen molar-refractivity contribution in [2.45, 2.75) is 81.0 Å². The number of aryl methyl sites for hydroxylation is 1. The Kier molecular flexibility index (Phi) is 8.45. The molecule has 1 N–H and O–H groups in total. The molecule has 4 aliphatic rings. The van der Waals surface area contributed by atoms with E-state index in [-0.39, 0.29) is 66.2 Å². The topological polar surface area (TPSA) is 110 Å². The van der Waals surface area contributed by atoms with Gasteiger partial charge in [-0.15, -0.1) is 0 Å². The number of hydrogen-bond donors (Lipinski definition) is 1. The van der Waals surface area contributed by atoms with E-state index in [2.05, 4.69) is 29.4 Å². The van der Waals surface area contributed by atoms with Crippen LogP contribution in [0.3, 0.4) is 0 Å². The largest absolute Gasteiger partial charge is 0.534 e. The van der Waals surface area contributed by atoms with E-state index in [4.69, 9.17) is 4.74 Å². The van der Waals surface area contributed by atoms with Crippen molar-refractivity contribution in [2.75, 3.05) is 31.1 Å². The molecule has 4 aliphatic heterocycles. The minimum absolute atomic E-state index is 0.0114. The molecule has 2 aromatic heterocycles. The highest BCUT2D eigenvalue weighted by molar-refractivity contribution is 7.88. The van der Waals surface area contributed by atoms with Crippen molar-refractivity contribution in [1.29, 1.82) is 0 Å². The van der Waals surface area contributed by atoms with Crippen LogP contribution in [0.5, 0.6) is 11.8 Å². The molecule has 0 spiro atoms. The molecule has 10 nitrogen and oxygen atoms in total. The van der Waals surface area contributed by atoms with E-state index in [0.29, 0.717) is 12.1 Å². The number of benzene rings is 2. The lowest BCUT2D eigenvalue weighted by molar-refractivity contribution is -0.0500. The first-order valence-corrected chi connectivity index (χ1v) is 18.5. The molecule has 6 heterocycles. The summed E-state index contributed by atoms with van der Waals surface area (Å²) in [6.07, 6.45) is 1.43. The number of halogens is 8. The van der Waals surface area contributed by atoms with Crippen LogP contribution in [0.2, 0.25) is 0 Å². The maximum absolute atomic E-state index is 17.1. The Morgan fingerprint density at radius 3 is 2.45 bits per heavy atom. The van der Waals surface area contributed by atoms with Crippen LogP contribution in [0.4, 0.5) is 40.9 Å². The maximum atomic E-state index is 17.1. The van der Waals surface area contributed by atoms with Crippen molar-refractivity contribution in [3.05, 3.63) is 47.4 Å². The van der Waals surface area contributed by atoms with Gasteiger partial charge in [-0.2, -0.15) is 31.6 Å². The molecule has 2 unspecified atom stereocenters. The number of anilines is 1.